The van der Waals surface area contributed by atoms with Gasteiger partial charge in [-0.3, -0.25) is 0 Å². The van der Waals surface area contributed by atoms with Gasteiger partial charge < -0.3 is 0 Å². The molecular weight excluding hydrogens is 184 g/mol. The Bertz CT molecular complexity index is 102. The Morgan fingerprint density at radius 1 is 1.00 bits per heavy atom. The molecule has 0 fully saturated rings. The SMILES string of the molecule is CCCCCCCO[Cl+3]([O-])([O-])[O-]. The molecule has 0 unspecified atom stereocenters. The summed E-state index contributed by atoms with van der Waals surface area (Å²) in [6, 6.07) is 0. The second kappa shape index (κ2) is 6.62. The Kier molecular flexibility index (Phi) is 6.70. The highest BCUT2D eigenvalue weighted by Crippen LogP contribution is 2.03. The molecule has 0 amide bonds. The highest BCUT2D eigenvalue weighted by molar-refractivity contribution is 4.39. The number of hydrogen-bond donors (Lipinski definition) is 0. The molecular formula is C7H15ClO4. The summed E-state index contributed by atoms with van der Waals surface area (Å²) in [5, 5.41) is 0. The van der Waals surface area contributed by atoms with Crippen LogP contribution in [0.5, 0.6) is 0 Å². The van der Waals surface area contributed by atoms with E-state index in [4.69, 9.17) is 0 Å². The predicted molar refractivity (Wildman–Crippen MR) is 34.7 cm³/mol. The normalized spacial score (nSPS) is 12.0. The average Bonchev–Trinajstić information content (AvgIpc) is 1.94. The molecule has 0 aromatic heterocycles. The lowest BCUT2D eigenvalue weighted by molar-refractivity contribution is -1.92. The molecule has 0 bridgehead atoms. The summed E-state index contributed by atoms with van der Waals surface area (Å²) in [5.41, 5.74) is 0. The van der Waals surface area contributed by atoms with Gasteiger partial charge in [0, 0.05) is 0 Å². The predicted octanol–water partition coefficient (Wildman–Crippen LogP) is -1.13. The van der Waals surface area contributed by atoms with Crippen LogP contribution in [0.1, 0.15) is 39.0 Å². The van der Waals surface area contributed by atoms with Crippen molar-refractivity contribution >= 4 is 0 Å². The topological polar surface area (TPSA) is 78.4 Å². The Hall–Kier alpha value is 0.130. The Morgan fingerprint density at radius 3 is 2.08 bits per heavy atom. The highest BCUT2D eigenvalue weighted by Gasteiger charge is 2.15. The quantitative estimate of drug-likeness (QED) is 0.485. The molecule has 12 heavy (non-hydrogen) atoms. The summed E-state index contributed by atoms with van der Waals surface area (Å²) in [5.74, 6) is 0. The van der Waals surface area contributed by atoms with Gasteiger partial charge in [-0.05, 0) is 6.42 Å². The minimum Gasteiger partial charge on any atom is -0.183 e. The first-order valence-corrected chi connectivity index (χ1v) is 5.35. The molecule has 0 heterocycles. The maximum absolute atomic E-state index is 9.91. The van der Waals surface area contributed by atoms with E-state index in [-0.39, 0.29) is 6.61 Å². The lowest BCUT2D eigenvalue weighted by Crippen LogP contribution is -2.61. The van der Waals surface area contributed by atoms with Crippen LogP contribution in [0.15, 0.2) is 0 Å². The smallest absolute Gasteiger partial charge is 0.183 e. The van der Waals surface area contributed by atoms with Crippen LogP contribution in [-0.2, 0) is 4.29 Å². The molecule has 0 aromatic carbocycles. The standard InChI is InChI=1S/C7H15ClO4/c1-2-3-4-5-6-7-12-8(9,10)11/h2-7H2,1H3. The van der Waals surface area contributed by atoms with E-state index in [2.05, 4.69) is 11.2 Å². The number of rotatable bonds is 7. The Morgan fingerprint density at radius 2 is 1.58 bits per heavy atom. The third-order valence-electron chi connectivity index (χ3n) is 1.46. The molecule has 74 valence electrons. The van der Waals surface area contributed by atoms with E-state index >= 15 is 0 Å². The Labute approximate surface area is 74.9 Å². The number of hydrogen-bond acceptors (Lipinski definition) is 4. The van der Waals surface area contributed by atoms with Gasteiger partial charge in [-0.1, -0.05) is 32.6 Å². The molecule has 4 nitrogen and oxygen atoms in total. The molecule has 0 N–H and O–H groups in total. The first kappa shape index (κ1) is 12.1. The van der Waals surface area contributed by atoms with Crippen LogP contribution in [0.4, 0.5) is 0 Å². The summed E-state index contributed by atoms with van der Waals surface area (Å²) in [6.45, 7) is 2.11. The van der Waals surface area contributed by atoms with Crippen LogP contribution in [0, 0.1) is 10.2 Å². The number of halogens is 1. The molecule has 0 aliphatic rings. The zero-order chi connectivity index (χ0) is 9.45. The molecule has 0 aliphatic heterocycles. The fourth-order valence-corrected chi connectivity index (χ4v) is 1.15. The molecule has 0 rings (SSSR count). The third kappa shape index (κ3) is 10.1. The van der Waals surface area contributed by atoms with Crippen molar-refractivity contribution in [3.63, 3.8) is 0 Å². The molecule has 5 heteroatoms. The zero-order valence-corrected chi connectivity index (χ0v) is 8.01. The van der Waals surface area contributed by atoms with Crippen molar-refractivity contribution in [2.24, 2.45) is 0 Å². The van der Waals surface area contributed by atoms with Gasteiger partial charge in [0.2, 0.25) is 6.61 Å². The van der Waals surface area contributed by atoms with Crippen LogP contribution >= 0.6 is 0 Å². The van der Waals surface area contributed by atoms with Crippen molar-refractivity contribution in [3.8, 4) is 0 Å². The lowest BCUT2D eigenvalue weighted by atomic mass is 10.2. The van der Waals surface area contributed by atoms with Crippen molar-refractivity contribution in [3.05, 3.63) is 0 Å². The second-order valence-electron chi connectivity index (χ2n) is 2.61. The van der Waals surface area contributed by atoms with E-state index in [0.717, 1.165) is 25.7 Å². The second-order valence-corrected chi connectivity index (χ2v) is 3.58. The molecule has 0 radical (unpaired) electrons. The van der Waals surface area contributed by atoms with Gasteiger partial charge in [0.25, 0.3) is 0 Å². The summed E-state index contributed by atoms with van der Waals surface area (Å²) in [6.07, 6.45) is 4.89. The molecule has 0 spiro atoms. The molecule has 0 atom stereocenters. The van der Waals surface area contributed by atoms with Gasteiger partial charge >= 0.3 is 0 Å². The first-order chi connectivity index (χ1) is 5.56. The van der Waals surface area contributed by atoms with Crippen LogP contribution in [0.25, 0.3) is 0 Å². The van der Waals surface area contributed by atoms with Crippen LogP contribution in [-0.4, -0.2) is 6.61 Å². The summed E-state index contributed by atoms with van der Waals surface area (Å²) in [7, 11) is -4.21. The van der Waals surface area contributed by atoms with E-state index in [1.54, 1.807) is 0 Å². The fourth-order valence-electron chi connectivity index (χ4n) is 0.855. The monoisotopic (exact) mass is 198 g/mol. The highest BCUT2D eigenvalue weighted by atomic mass is 35.7. The summed E-state index contributed by atoms with van der Waals surface area (Å²) in [4.78, 5) is 0. The van der Waals surface area contributed by atoms with Gasteiger partial charge in [0.05, 0.1) is 14.5 Å². The number of unbranched alkanes of at least 4 members (excludes halogenated alkanes) is 4. The van der Waals surface area contributed by atoms with Gasteiger partial charge in [0.1, 0.15) is 0 Å². The fraction of sp³-hybridized carbons (Fsp3) is 1.00. The van der Waals surface area contributed by atoms with E-state index < -0.39 is 10.2 Å². The van der Waals surface area contributed by atoms with Gasteiger partial charge in [-0.2, -0.15) is 14.0 Å². The first-order valence-electron chi connectivity index (χ1n) is 4.11. The zero-order valence-electron chi connectivity index (χ0n) is 7.25. The van der Waals surface area contributed by atoms with Crippen LogP contribution in [0.2, 0.25) is 0 Å². The van der Waals surface area contributed by atoms with Gasteiger partial charge in [-0.25, -0.2) is 0 Å². The minimum atomic E-state index is -4.21. The van der Waals surface area contributed by atoms with E-state index in [9.17, 15) is 14.0 Å². The molecule has 0 saturated carbocycles. The van der Waals surface area contributed by atoms with Crippen LogP contribution < -0.4 is 14.0 Å². The molecule has 0 saturated heterocycles. The minimum absolute atomic E-state index is 0.0110. The van der Waals surface area contributed by atoms with Gasteiger partial charge in [-0.15, -0.1) is 0 Å². The largest absolute Gasteiger partial charge is 0.203 e. The Balaban J connectivity index is 3.01. The molecule has 0 aliphatic carbocycles. The van der Waals surface area contributed by atoms with E-state index in [1.807, 2.05) is 0 Å². The van der Waals surface area contributed by atoms with E-state index in [0.29, 0.717) is 6.42 Å². The van der Waals surface area contributed by atoms with Gasteiger partial charge in [0.15, 0.2) is 0 Å². The molecule has 0 aromatic rings. The summed E-state index contributed by atoms with van der Waals surface area (Å²) >= 11 is 0. The van der Waals surface area contributed by atoms with Crippen molar-refractivity contribution in [2.75, 3.05) is 6.61 Å². The average molecular weight is 199 g/mol. The van der Waals surface area contributed by atoms with Crippen molar-refractivity contribution in [2.45, 2.75) is 39.0 Å². The third-order valence-corrected chi connectivity index (χ3v) is 1.88. The van der Waals surface area contributed by atoms with Crippen molar-refractivity contribution in [1.29, 1.82) is 0 Å². The maximum Gasteiger partial charge on any atom is 0.203 e. The van der Waals surface area contributed by atoms with Crippen molar-refractivity contribution in [1.82, 2.24) is 0 Å². The maximum atomic E-state index is 9.91. The summed E-state index contributed by atoms with van der Waals surface area (Å²) < 4.78 is 33.7. The lowest BCUT2D eigenvalue weighted by Gasteiger charge is -2.11. The van der Waals surface area contributed by atoms with Crippen molar-refractivity contribution < 1.29 is 28.5 Å². The van der Waals surface area contributed by atoms with Crippen LogP contribution in [0.3, 0.4) is 0 Å². The van der Waals surface area contributed by atoms with E-state index in [1.165, 1.54) is 0 Å².